The molecule has 4 N–H and O–H groups in total. The van der Waals surface area contributed by atoms with Crippen molar-refractivity contribution >= 4 is 11.8 Å². The second-order valence-corrected chi connectivity index (χ2v) is 12.7. The first-order valence-electron chi connectivity index (χ1n) is 17.1. The van der Waals surface area contributed by atoms with Crippen molar-refractivity contribution in [3.63, 3.8) is 0 Å². The van der Waals surface area contributed by atoms with Gasteiger partial charge < -0.3 is 24.8 Å². The highest BCUT2D eigenvalue weighted by molar-refractivity contribution is 5.76. The number of hydrogen-bond donors (Lipinski definition) is 4. The highest BCUT2D eigenvalue weighted by Crippen LogP contribution is 2.39. The molecule has 9 nitrogen and oxygen atoms in total. The van der Waals surface area contributed by atoms with Crippen LogP contribution < -0.4 is 10.8 Å². The summed E-state index contributed by atoms with van der Waals surface area (Å²) in [4.78, 5) is 26.2. The van der Waals surface area contributed by atoms with Gasteiger partial charge in [-0.3, -0.25) is 14.8 Å². The SMILES string of the molecule is O=C(CCCCCCC(=O)NCc1ccccc1-c1ccc([C@@H]2O[C@H](CN3CCCCC3)C[C@H](c3ccc(CO)cc3)O2)cc1)NO. The van der Waals surface area contributed by atoms with Crippen molar-refractivity contribution in [3.05, 3.63) is 95.1 Å². The van der Waals surface area contributed by atoms with E-state index >= 15 is 0 Å². The van der Waals surface area contributed by atoms with Crippen LogP contribution in [0.15, 0.2) is 72.8 Å². The molecule has 2 aliphatic heterocycles. The molecule has 0 bridgehead atoms. The Morgan fingerprint density at radius 1 is 0.787 bits per heavy atom. The Hall–Kier alpha value is -3.60. The minimum atomic E-state index is -0.489. The topological polar surface area (TPSA) is 120 Å². The van der Waals surface area contributed by atoms with Gasteiger partial charge in [0, 0.05) is 37.9 Å². The van der Waals surface area contributed by atoms with Gasteiger partial charge in [-0.1, -0.05) is 92.1 Å². The predicted octanol–water partition coefficient (Wildman–Crippen LogP) is 6.34. The van der Waals surface area contributed by atoms with E-state index in [9.17, 15) is 14.7 Å². The zero-order valence-electron chi connectivity index (χ0n) is 27.2. The van der Waals surface area contributed by atoms with Gasteiger partial charge >= 0.3 is 0 Å². The van der Waals surface area contributed by atoms with Gasteiger partial charge in [-0.05, 0) is 66.6 Å². The summed E-state index contributed by atoms with van der Waals surface area (Å²) in [5.41, 5.74) is 7.76. The molecule has 0 aromatic heterocycles. The number of unbranched alkanes of at least 4 members (excludes halogenated alkanes) is 3. The molecule has 0 aliphatic carbocycles. The van der Waals surface area contributed by atoms with Crippen LogP contribution in [0.1, 0.15) is 98.9 Å². The summed E-state index contributed by atoms with van der Waals surface area (Å²) in [7, 11) is 0. The lowest BCUT2D eigenvalue weighted by atomic mass is 9.97. The van der Waals surface area contributed by atoms with Gasteiger partial charge in [-0.2, -0.15) is 0 Å². The van der Waals surface area contributed by atoms with E-state index in [0.717, 1.165) is 78.7 Å². The molecule has 3 aromatic rings. The molecule has 252 valence electrons. The van der Waals surface area contributed by atoms with Crippen molar-refractivity contribution in [2.75, 3.05) is 19.6 Å². The van der Waals surface area contributed by atoms with E-state index in [1.165, 1.54) is 19.3 Å². The van der Waals surface area contributed by atoms with Gasteiger partial charge in [0.15, 0.2) is 6.29 Å². The minimum absolute atomic E-state index is 0.00881. The first kappa shape index (κ1) is 34.7. The fourth-order valence-corrected chi connectivity index (χ4v) is 6.50. The van der Waals surface area contributed by atoms with E-state index < -0.39 is 6.29 Å². The first-order chi connectivity index (χ1) is 23.0. The summed E-state index contributed by atoms with van der Waals surface area (Å²) < 4.78 is 13.2. The Bertz CT molecular complexity index is 1410. The molecule has 47 heavy (non-hydrogen) atoms. The molecule has 0 saturated carbocycles. The number of ether oxygens (including phenoxy) is 2. The van der Waals surface area contributed by atoms with E-state index in [0.29, 0.717) is 25.8 Å². The van der Waals surface area contributed by atoms with Crippen LogP contribution in [0.4, 0.5) is 0 Å². The summed E-state index contributed by atoms with van der Waals surface area (Å²) in [6.45, 7) is 3.59. The summed E-state index contributed by atoms with van der Waals surface area (Å²) in [5.74, 6) is -0.367. The highest BCUT2D eigenvalue weighted by Gasteiger charge is 2.33. The minimum Gasteiger partial charge on any atom is -0.392 e. The number of nitrogens with zero attached hydrogens (tertiary/aromatic N) is 1. The highest BCUT2D eigenvalue weighted by atomic mass is 16.7. The molecular weight excluding hydrogens is 594 g/mol. The Balaban J connectivity index is 1.20. The number of piperidine rings is 1. The Labute approximate surface area is 278 Å². The Morgan fingerprint density at radius 2 is 1.47 bits per heavy atom. The number of carbonyl (C=O) groups excluding carboxylic acids is 2. The molecule has 2 fully saturated rings. The molecule has 3 atom stereocenters. The number of hydrogen-bond acceptors (Lipinski definition) is 7. The van der Waals surface area contributed by atoms with Crippen LogP contribution in [0.3, 0.4) is 0 Å². The monoisotopic (exact) mass is 643 g/mol. The summed E-state index contributed by atoms with van der Waals surface area (Å²) in [6.07, 6.45) is 7.89. The molecule has 3 aromatic carbocycles. The molecule has 2 heterocycles. The van der Waals surface area contributed by atoms with Crippen LogP contribution in [0.2, 0.25) is 0 Å². The van der Waals surface area contributed by atoms with E-state index in [2.05, 4.69) is 52.7 Å². The normalized spacial score (nSPS) is 20.1. The van der Waals surface area contributed by atoms with Crippen molar-refractivity contribution in [1.29, 1.82) is 0 Å². The molecule has 5 rings (SSSR count). The fraction of sp³-hybridized carbons (Fsp3) is 0.474. The van der Waals surface area contributed by atoms with Crippen LogP contribution in [-0.2, 0) is 32.2 Å². The van der Waals surface area contributed by atoms with Gasteiger partial charge in [0.25, 0.3) is 0 Å². The maximum atomic E-state index is 12.5. The Kier molecular flexibility index (Phi) is 13.4. The third-order valence-electron chi connectivity index (χ3n) is 9.20. The number of amides is 2. The van der Waals surface area contributed by atoms with Gasteiger partial charge in [0.05, 0.1) is 18.8 Å². The van der Waals surface area contributed by atoms with E-state index in [-0.39, 0.29) is 30.6 Å². The molecule has 2 amide bonds. The number of rotatable bonds is 15. The zero-order chi connectivity index (χ0) is 32.8. The second-order valence-electron chi connectivity index (χ2n) is 12.7. The van der Waals surface area contributed by atoms with Crippen LogP contribution in [0, 0.1) is 0 Å². The summed E-state index contributed by atoms with van der Waals surface area (Å²) in [6, 6.07) is 24.5. The van der Waals surface area contributed by atoms with E-state index in [1.54, 1.807) is 5.48 Å². The standard InChI is InChI=1S/C38H49N3O6/c42-27-28-14-16-30(17-15-28)35-24-33(26-41-22-8-3-9-23-41)46-38(47-35)31-20-18-29(19-21-31)34-11-7-6-10-32(34)25-39-36(43)12-4-1-2-5-13-37(44)40-45/h6-7,10-11,14-21,33,35,38,42,45H,1-5,8-9,12-13,22-27H2,(H,39,43)(H,40,44)/t33-,35+,38+/m0/s1. The van der Waals surface area contributed by atoms with E-state index in [4.69, 9.17) is 14.7 Å². The quantitative estimate of drug-likeness (QED) is 0.0867. The molecule has 2 aliphatic rings. The number of likely N-dealkylation sites (tertiary alicyclic amines) is 1. The van der Waals surface area contributed by atoms with Gasteiger partial charge in [0.1, 0.15) is 0 Å². The molecule has 2 saturated heterocycles. The van der Waals surface area contributed by atoms with Crippen molar-refractivity contribution in [2.45, 2.75) is 95.9 Å². The predicted molar refractivity (Wildman–Crippen MR) is 180 cm³/mol. The van der Waals surface area contributed by atoms with Crippen LogP contribution in [0.5, 0.6) is 0 Å². The van der Waals surface area contributed by atoms with Gasteiger partial charge in [0.2, 0.25) is 11.8 Å². The maximum absolute atomic E-state index is 12.5. The van der Waals surface area contributed by atoms with E-state index in [1.807, 2.05) is 30.3 Å². The maximum Gasteiger partial charge on any atom is 0.243 e. The molecule has 0 radical (unpaired) electrons. The molecule has 9 heteroatoms. The van der Waals surface area contributed by atoms with Crippen molar-refractivity contribution in [3.8, 4) is 11.1 Å². The van der Waals surface area contributed by atoms with Crippen molar-refractivity contribution in [1.82, 2.24) is 15.7 Å². The average molecular weight is 644 g/mol. The number of hydroxylamine groups is 1. The second kappa shape index (κ2) is 18.1. The van der Waals surface area contributed by atoms with Crippen LogP contribution in [-0.4, -0.2) is 52.8 Å². The number of carbonyl (C=O) groups is 2. The molecular formula is C38H49N3O6. The smallest absolute Gasteiger partial charge is 0.243 e. The number of aliphatic hydroxyl groups is 1. The molecule has 0 spiro atoms. The third-order valence-corrected chi connectivity index (χ3v) is 9.20. The van der Waals surface area contributed by atoms with Gasteiger partial charge in [-0.25, -0.2) is 5.48 Å². The largest absolute Gasteiger partial charge is 0.392 e. The lowest BCUT2D eigenvalue weighted by molar-refractivity contribution is -0.253. The lowest BCUT2D eigenvalue weighted by Gasteiger charge is -2.39. The fourth-order valence-electron chi connectivity index (χ4n) is 6.50. The lowest BCUT2D eigenvalue weighted by Crippen LogP contribution is -2.41. The summed E-state index contributed by atoms with van der Waals surface area (Å²) >= 11 is 0. The third kappa shape index (κ3) is 10.4. The Morgan fingerprint density at radius 3 is 2.17 bits per heavy atom. The van der Waals surface area contributed by atoms with Crippen LogP contribution in [0.25, 0.3) is 11.1 Å². The first-order valence-corrected chi connectivity index (χ1v) is 17.1. The summed E-state index contributed by atoms with van der Waals surface area (Å²) in [5, 5.41) is 21.1. The number of nitrogens with one attached hydrogen (secondary N) is 2. The molecule has 0 unspecified atom stereocenters. The van der Waals surface area contributed by atoms with Crippen LogP contribution >= 0.6 is 0 Å². The average Bonchev–Trinajstić information content (AvgIpc) is 3.12. The number of aliphatic hydroxyl groups excluding tert-OH is 1. The zero-order valence-corrected chi connectivity index (χ0v) is 27.2. The van der Waals surface area contributed by atoms with Crippen molar-refractivity contribution < 1.29 is 29.4 Å². The van der Waals surface area contributed by atoms with Gasteiger partial charge in [-0.15, -0.1) is 0 Å². The van der Waals surface area contributed by atoms with Crippen molar-refractivity contribution in [2.24, 2.45) is 0 Å². The number of benzene rings is 3.